The molecule has 1 saturated heterocycles. The van der Waals surface area contributed by atoms with Crippen molar-refractivity contribution in [1.29, 1.82) is 0 Å². The molecule has 2 aromatic rings. The number of amides is 2. The second-order valence-electron chi connectivity index (χ2n) is 7.08. The zero-order valence-electron chi connectivity index (χ0n) is 15.9. The Morgan fingerprint density at radius 3 is 2.52 bits per heavy atom. The monoisotopic (exact) mass is 366 g/mol. The SMILES string of the molecule is CC(Cc1ccccc1)C(=O)Nc1ccc(C(=O)N2CCOCC2C)cc1. The fourth-order valence-corrected chi connectivity index (χ4v) is 3.22. The molecule has 142 valence electrons. The third-order valence-electron chi connectivity index (χ3n) is 4.86. The zero-order valence-corrected chi connectivity index (χ0v) is 15.9. The fourth-order valence-electron chi connectivity index (χ4n) is 3.22. The second kappa shape index (κ2) is 8.82. The molecular weight excluding hydrogens is 340 g/mol. The highest BCUT2D eigenvalue weighted by Crippen LogP contribution is 2.17. The minimum Gasteiger partial charge on any atom is -0.377 e. The number of carbonyl (C=O) groups excluding carboxylic acids is 2. The summed E-state index contributed by atoms with van der Waals surface area (Å²) in [5.41, 5.74) is 2.46. The Balaban J connectivity index is 1.58. The molecule has 5 nitrogen and oxygen atoms in total. The maximum absolute atomic E-state index is 12.6. The largest absolute Gasteiger partial charge is 0.377 e. The lowest BCUT2D eigenvalue weighted by molar-refractivity contribution is -0.119. The minimum atomic E-state index is -0.136. The summed E-state index contributed by atoms with van der Waals surface area (Å²) in [6.45, 7) is 5.65. The number of ether oxygens (including phenoxy) is 1. The van der Waals surface area contributed by atoms with Crippen molar-refractivity contribution in [3.63, 3.8) is 0 Å². The Hall–Kier alpha value is -2.66. The zero-order chi connectivity index (χ0) is 19.2. The predicted octanol–water partition coefficient (Wildman–Crippen LogP) is 3.36. The van der Waals surface area contributed by atoms with E-state index < -0.39 is 0 Å². The molecule has 0 aliphatic carbocycles. The normalized spacial score (nSPS) is 18.0. The molecule has 1 aliphatic heterocycles. The molecule has 5 heteroatoms. The van der Waals surface area contributed by atoms with Gasteiger partial charge in [0.15, 0.2) is 0 Å². The van der Waals surface area contributed by atoms with E-state index in [2.05, 4.69) is 5.32 Å². The molecule has 2 amide bonds. The smallest absolute Gasteiger partial charge is 0.254 e. The van der Waals surface area contributed by atoms with Crippen LogP contribution in [0.25, 0.3) is 0 Å². The molecule has 1 fully saturated rings. The molecule has 0 radical (unpaired) electrons. The lowest BCUT2D eigenvalue weighted by Crippen LogP contribution is -2.47. The van der Waals surface area contributed by atoms with Crippen molar-refractivity contribution in [2.45, 2.75) is 26.3 Å². The average molecular weight is 366 g/mol. The lowest BCUT2D eigenvalue weighted by Gasteiger charge is -2.33. The van der Waals surface area contributed by atoms with E-state index in [0.29, 0.717) is 37.4 Å². The highest BCUT2D eigenvalue weighted by Gasteiger charge is 2.24. The van der Waals surface area contributed by atoms with E-state index in [1.165, 1.54) is 0 Å². The molecule has 2 unspecified atom stereocenters. The van der Waals surface area contributed by atoms with E-state index in [4.69, 9.17) is 4.74 Å². The van der Waals surface area contributed by atoms with Crippen LogP contribution in [0, 0.1) is 5.92 Å². The van der Waals surface area contributed by atoms with Gasteiger partial charge in [-0.15, -0.1) is 0 Å². The predicted molar refractivity (Wildman–Crippen MR) is 106 cm³/mol. The quantitative estimate of drug-likeness (QED) is 0.883. The number of nitrogens with one attached hydrogen (secondary N) is 1. The van der Waals surface area contributed by atoms with E-state index in [9.17, 15) is 9.59 Å². The van der Waals surface area contributed by atoms with Gasteiger partial charge < -0.3 is 15.0 Å². The molecule has 2 aromatic carbocycles. The van der Waals surface area contributed by atoms with Gasteiger partial charge in [0, 0.05) is 23.7 Å². The van der Waals surface area contributed by atoms with Crippen molar-refractivity contribution in [3.8, 4) is 0 Å². The number of hydrogen-bond donors (Lipinski definition) is 1. The van der Waals surface area contributed by atoms with Crippen molar-refractivity contribution < 1.29 is 14.3 Å². The van der Waals surface area contributed by atoms with Crippen LogP contribution in [0.3, 0.4) is 0 Å². The number of morpholine rings is 1. The maximum atomic E-state index is 12.6. The Labute approximate surface area is 160 Å². The molecular formula is C22H26N2O3. The summed E-state index contributed by atoms with van der Waals surface area (Å²) in [4.78, 5) is 26.9. The first-order chi connectivity index (χ1) is 13.0. The Bertz CT molecular complexity index is 774. The van der Waals surface area contributed by atoms with Gasteiger partial charge in [0.05, 0.1) is 19.3 Å². The molecule has 2 atom stereocenters. The molecule has 27 heavy (non-hydrogen) atoms. The first-order valence-corrected chi connectivity index (χ1v) is 9.38. The number of benzene rings is 2. The van der Waals surface area contributed by atoms with Crippen LogP contribution in [0.2, 0.25) is 0 Å². The summed E-state index contributed by atoms with van der Waals surface area (Å²) in [5.74, 6) is -0.163. The van der Waals surface area contributed by atoms with Crippen LogP contribution in [0.5, 0.6) is 0 Å². The molecule has 1 N–H and O–H groups in total. The Morgan fingerprint density at radius 1 is 1.15 bits per heavy atom. The average Bonchev–Trinajstić information content (AvgIpc) is 2.69. The summed E-state index contributed by atoms with van der Waals surface area (Å²) < 4.78 is 5.38. The second-order valence-corrected chi connectivity index (χ2v) is 7.08. The maximum Gasteiger partial charge on any atom is 0.254 e. The minimum absolute atomic E-state index is 0.00104. The van der Waals surface area contributed by atoms with Gasteiger partial charge >= 0.3 is 0 Å². The molecule has 3 rings (SSSR count). The Morgan fingerprint density at radius 2 is 1.85 bits per heavy atom. The molecule has 0 spiro atoms. The van der Waals surface area contributed by atoms with Crippen LogP contribution in [0.1, 0.15) is 29.8 Å². The van der Waals surface area contributed by atoms with Gasteiger partial charge in [0.2, 0.25) is 5.91 Å². The summed E-state index contributed by atoms with van der Waals surface area (Å²) in [5, 5.41) is 2.93. The van der Waals surface area contributed by atoms with Crippen molar-refractivity contribution in [1.82, 2.24) is 4.90 Å². The standard InChI is InChI=1S/C22H26N2O3/c1-16(14-18-6-4-3-5-7-18)21(25)23-20-10-8-19(9-11-20)22(26)24-12-13-27-15-17(24)2/h3-11,16-17H,12-15H2,1-2H3,(H,23,25). The van der Waals surface area contributed by atoms with Gasteiger partial charge in [-0.3, -0.25) is 9.59 Å². The van der Waals surface area contributed by atoms with E-state index in [1.807, 2.05) is 49.1 Å². The molecule has 0 bridgehead atoms. The molecule has 0 saturated carbocycles. The van der Waals surface area contributed by atoms with Crippen LogP contribution in [0.4, 0.5) is 5.69 Å². The van der Waals surface area contributed by atoms with Crippen molar-refractivity contribution >= 4 is 17.5 Å². The Kier molecular flexibility index (Phi) is 6.24. The first-order valence-electron chi connectivity index (χ1n) is 9.38. The van der Waals surface area contributed by atoms with Crippen molar-refractivity contribution in [3.05, 3.63) is 65.7 Å². The molecule has 1 aliphatic rings. The van der Waals surface area contributed by atoms with Crippen LogP contribution >= 0.6 is 0 Å². The summed E-state index contributed by atoms with van der Waals surface area (Å²) in [7, 11) is 0. The van der Waals surface area contributed by atoms with E-state index in [1.54, 1.807) is 24.3 Å². The lowest BCUT2D eigenvalue weighted by atomic mass is 10.0. The van der Waals surface area contributed by atoms with Crippen molar-refractivity contribution in [2.24, 2.45) is 5.92 Å². The van der Waals surface area contributed by atoms with Gasteiger partial charge in [0.1, 0.15) is 0 Å². The van der Waals surface area contributed by atoms with E-state index in [-0.39, 0.29) is 23.8 Å². The van der Waals surface area contributed by atoms with Gasteiger partial charge in [-0.1, -0.05) is 37.3 Å². The van der Waals surface area contributed by atoms with Crippen LogP contribution in [-0.2, 0) is 16.0 Å². The number of hydrogen-bond acceptors (Lipinski definition) is 3. The number of nitrogens with zero attached hydrogens (tertiary/aromatic N) is 1. The van der Waals surface area contributed by atoms with Gasteiger partial charge in [-0.2, -0.15) is 0 Å². The van der Waals surface area contributed by atoms with E-state index >= 15 is 0 Å². The number of anilines is 1. The van der Waals surface area contributed by atoms with Gasteiger partial charge in [0.25, 0.3) is 5.91 Å². The van der Waals surface area contributed by atoms with Crippen molar-refractivity contribution in [2.75, 3.05) is 25.1 Å². The summed E-state index contributed by atoms with van der Waals surface area (Å²) in [6, 6.07) is 17.1. The summed E-state index contributed by atoms with van der Waals surface area (Å²) >= 11 is 0. The molecule has 0 aromatic heterocycles. The van der Waals surface area contributed by atoms with Gasteiger partial charge in [-0.25, -0.2) is 0 Å². The summed E-state index contributed by atoms with van der Waals surface area (Å²) in [6.07, 6.45) is 0.693. The highest BCUT2D eigenvalue weighted by molar-refractivity contribution is 5.96. The number of carbonyl (C=O) groups is 2. The van der Waals surface area contributed by atoms with Crippen LogP contribution in [0.15, 0.2) is 54.6 Å². The topological polar surface area (TPSA) is 58.6 Å². The van der Waals surface area contributed by atoms with E-state index in [0.717, 1.165) is 5.56 Å². The van der Waals surface area contributed by atoms with Crippen LogP contribution in [-0.4, -0.2) is 42.5 Å². The highest BCUT2D eigenvalue weighted by atomic mass is 16.5. The number of rotatable bonds is 5. The third-order valence-corrected chi connectivity index (χ3v) is 4.86. The van der Waals surface area contributed by atoms with Crippen LogP contribution < -0.4 is 5.32 Å². The third kappa shape index (κ3) is 4.95. The van der Waals surface area contributed by atoms with Gasteiger partial charge in [-0.05, 0) is 43.2 Å². The fraction of sp³-hybridized carbons (Fsp3) is 0.364. The first kappa shape index (κ1) is 19.1. The molecule has 1 heterocycles.